The van der Waals surface area contributed by atoms with Gasteiger partial charge in [0.2, 0.25) is 0 Å². The van der Waals surface area contributed by atoms with Crippen molar-refractivity contribution in [3.8, 4) is 22.8 Å². The van der Waals surface area contributed by atoms with Crippen LogP contribution in [0.4, 0.5) is 0 Å². The fourth-order valence-electron chi connectivity index (χ4n) is 3.17. The minimum atomic E-state index is -0.235. The minimum absolute atomic E-state index is 0.143. The first-order valence-corrected chi connectivity index (χ1v) is 12.9. The van der Waals surface area contributed by atoms with Gasteiger partial charge in [-0.2, -0.15) is 5.10 Å². The van der Waals surface area contributed by atoms with Crippen LogP contribution in [-0.2, 0) is 4.79 Å². The fraction of sp³-hybridized carbons (Fsp3) is 0.154. The lowest BCUT2D eigenvalue weighted by molar-refractivity contribution is -0.118. The summed E-state index contributed by atoms with van der Waals surface area (Å²) in [6.07, 6.45) is 2.56. The molecule has 1 N–H and O–H groups in total. The number of amides is 1. The highest BCUT2D eigenvalue weighted by Gasteiger charge is 2.17. The number of hydrogen-bond acceptors (Lipinski definition) is 6. The van der Waals surface area contributed by atoms with Crippen LogP contribution in [0.15, 0.2) is 93.6 Å². The summed E-state index contributed by atoms with van der Waals surface area (Å²) in [7, 11) is 0. The van der Waals surface area contributed by atoms with Crippen molar-refractivity contribution in [2.45, 2.75) is 18.5 Å². The zero-order valence-electron chi connectivity index (χ0n) is 19.1. The normalized spacial score (nSPS) is 11.0. The average molecular weight is 550 g/mol. The number of nitrogens with zero attached hydrogens (tertiary/aromatic N) is 4. The molecule has 1 amide bonds. The number of carbonyl (C=O) groups excluding carboxylic acids is 1. The van der Waals surface area contributed by atoms with Crippen molar-refractivity contribution in [2.75, 3.05) is 12.4 Å². The standard InChI is InChI=1S/C26H24BrN5O2S/c1-2-16-34-23-14-8-19(9-15-23)17-28-29-24(33)18-35-26-31-30-25(20-6-4-3-5-7-20)32(26)22-12-10-21(27)11-13-22/h3-15,17H,2,16,18H2,1H3,(H,29,33)/b28-17+. The third kappa shape index (κ3) is 6.80. The van der Waals surface area contributed by atoms with E-state index >= 15 is 0 Å². The highest BCUT2D eigenvalue weighted by molar-refractivity contribution is 9.10. The van der Waals surface area contributed by atoms with Crippen molar-refractivity contribution in [1.29, 1.82) is 0 Å². The summed E-state index contributed by atoms with van der Waals surface area (Å²) in [5.41, 5.74) is 5.28. The van der Waals surface area contributed by atoms with Gasteiger partial charge in [-0.25, -0.2) is 5.43 Å². The third-order valence-corrected chi connectivity index (χ3v) is 6.30. The van der Waals surface area contributed by atoms with Gasteiger partial charge in [-0.05, 0) is 60.5 Å². The molecule has 0 spiro atoms. The van der Waals surface area contributed by atoms with Crippen LogP contribution in [0.25, 0.3) is 17.1 Å². The summed E-state index contributed by atoms with van der Waals surface area (Å²) >= 11 is 4.78. The van der Waals surface area contributed by atoms with E-state index in [0.29, 0.717) is 17.6 Å². The number of ether oxygens (including phenoxy) is 1. The second-order valence-corrected chi connectivity index (χ2v) is 9.34. The van der Waals surface area contributed by atoms with Gasteiger partial charge in [0, 0.05) is 15.7 Å². The van der Waals surface area contributed by atoms with Crippen molar-refractivity contribution in [3.63, 3.8) is 0 Å². The molecule has 4 rings (SSSR count). The summed E-state index contributed by atoms with van der Waals surface area (Å²) in [4.78, 5) is 12.4. The number of halogens is 1. The highest BCUT2D eigenvalue weighted by Crippen LogP contribution is 2.28. The summed E-state index contributed by atoms with van der Waals surface area (Å²) in [5, 5.41) is 13.4. The lowest BCUT2D eigenvalue weighted by atomic mass is 10.2. The molecule has 0 saturated heterocycles. The minimum Gasteiger partial charge on any atom is -0.494 e. The molecule has 1 heterocycles. The Hall–Kier alpha value is -3.43. The van der Waals surface area contributed by atoms with Crippen LogP contribution >= 0.6 is 27.7 Å². The third-order valence-electron chi connectivity index (χ3n) is 4.84. The van der Waals surface area contributed by atoms with Gasteiger partial charge in [0.05, 0.1) is 18.6 Å². The number of hydrogen-bond donors (Lipinski definition) is 1. The maximum absolute atomic E-state index is 12.4. The molecule has 0 radical (unpaired) electrons. The molecule has 0 unspecified atom stereocenters. The number of carbonyl (C=O) groups is 1. The topological polar surface area (TPSA) is 81.4 Å². The molecule has 3 aromatic carbocycles. The van der Waals surface area contributed by atoms with Crippen LogP contribution in [0.1, 0.15) is 18.9 Å². The Labute approximate surface area is 216 Å². The monoisotopic (exact) mass is 549 g/mol. The molecule has 0 saturated carbocycles. The van der Waals surface area contributed by atoms with E-state index in [1.165, 1.54) is 11.8 Å². The van der Waals surface area contributed by atoms with E-state index in [9.17, 15) is 4.79 Å². The quantitative estimate of drug-likeness (QED) is 0.155. The lowest BCUT2D eigenvalue weighted by Crippen LogP contribution is -2.20. The number of benzene rings is 3. The van der Waals surface area contributed by atoms with Gasteiger partial charge in [-0.1, -0.05) is 64.9 Å². The highest BCUT2D eigenvalue weighted by atomic mass is 79.9. The molecule has 0 aliphatic rings. The molecular weight excluding hydrogens is 526 g/mol. The zero-order chi connectivity index (χ0) is 24.5. The average Bonchev–Trinajstić information content (AvgIpc) is 3.32. The van der Waals surface area contributed by atoms with Gasteiger partial charge < -0.3 is 4.74 Å². The van der Waals surface area contributed by atoms with E-state index in [2.05, 4.69) is 43.6 Å². The zero-order valence-corrected chi connectivity index (χ0v) is 21.5. The molecule has 4 aromatic rings. The predicted molar refractivity (Wildman–Crippen MR) is 143 cm³/mol. The second-order valence-electron chi connectivity index (χ2n) is 7.48. The maximum Gasteiger partial charge on any atom is 0.250 e. The first-order chi connectivity index (χ1) is 17.1. The predicted octanol–water partition coefficient (Wildman–Crippen LogP) is 5.73. The number of hydrazone groups is 1. The first kappa shape index (κ1) is 24.7. The Morgan fingerprint density at radius 1 is 1.06 bits per heavy atom. The number of thioether (sulfide) groups is 1. The van der Waals surface area contributed by atoms with Gasteiger partial charge in [0.25, 0.3) is 5.91 Å². The molecule has 0 bridgehead atoms. The lowest BCUT2D eigenvalue weighted by Gasteiger charge is -2.10. The summed E-state index contributed by atoms with van der Waals surface area (Å²) in [5.74, 6) is 1.43. The molecule has 0 aliphatic carbocycles. The van der Waals surface area contributed by atoms with Crippen molar-refractivity contribution >= 4 is 39.8 Å². The Morgan fingerprint density at radius 3 is 2.51 bits per heavy atom. The van der Waals surface area contributed by atoms with E-state index in [-0.39, 0.29) is 11.7 Å². The van der Waals surface area contributed by atoms with Crippen molar-refractivity contribution < 1.29 is 9.53 Å². The number of aromatic nitrogens is 3. The van der Waals surface area contributed by atoms with Crippen LogP contribution in [0.5, 0.6) is 5.75 Å². The molecule has 35 heavy (non-hydrogen) atoms. The molecule has 178 valence electrons. The molecule has 1 aromatic heterocycles. The largest absolute Gasteiger partial charge is 0.494 e. The van der Waals surface area contributed by atoms with E-state index < -0.39 is 0 Å². The Balaban J connectivity index is 1.42. The Bertz CT molecular complexity index is 1280. The van der Waals surface area contributed by atoms with E-state index in [1.54, 1.807) is 6.21 Å². The van der Waals surface area contributed by atoms with Crippen LogP contribution in [0, 0.1) is 0 Å². The van der Waals surface area contributed by atoms with Crippen LogP contribution < -0.4 is 10.2 Å². The van der Waals surface area contributed by atoms with Gasteiger partial charge >= 0.3 is 0 Å². The maximum atomic E-state index is 12.4. The van der Waals surface area contributed by atoms with E-state index in [0.717, 1.165) is 33.5 Å². The second kappa shape index (κ2) is 12.3. The summed E-state index contributed by atoms with van der Waals surface area (Å²) in [6, 6.07) is 25.3. The van der Waals surface area contributed by atoms with Gasteiger partial charge in [0.15, 0.2) is 11.0 Å². The SMILES string of the molecule is CCCOc1ccc(/C=N/NC(=O)CSc2nnc(-c3ccccc3)n2-c2ccc(Br)cc2)cc1. The smallest absolute Gasteiger partial charge is 0.250 e. The fourth-order valence-corrected chi connectivity index (χ4v) is 4.18. The van der Waals surface area contributed by atoms with Crippen LogP contribution in [0.3, 0.4) is 0 Å². The van der Waals surface area contributed by atoms with Crippen LogP contribution in [0.2, 0.25) is 0 Å². The molecule has 0 aliphatic heterocycles. The molecule has 0 atom stereocenters. The van der Waals surface area contributed by atoms with Crippen LogP contribution in [-0.4, -0.2) is 39.2 Å². The van der Waals surface area contributed by atoms with Crippen molar-refractivity contribution in [1.82, 2.24) is 20.2 Å². The molecular formula is C26H24BrN5O2S. The molecule has 7 nitrogen and oxygen atoms in total. The van der Waals surface area contributed by atoms with Crippen molar-refractivity contribution in [3.05, 3.63) is 88.9 Å². The van der Waals surface area contributed by atoms with E-state index in [4.69, 9.17) is 4.74 Å². The molecule has 9 heteroatoms. The Morgan fingerprint density at radius 2 is 1.80 bits per heavy atom. The Kier molecular flexibility index (Phi) is 8.69. The molecule has 0 fully saturated rings. The van der Waals surface area contributed by atoms with Gasteiger partial charge in [-0.15, -0.1) is 10.2 Å². The first-order valence-electron chi connectivity index (χ1n) is 11.1. The van der Waals surface area contributed by atoms with Gasteiger partial charge in [-0.3, -0.25) is 9.36 Å². The van der Waals surface area contributed by atoms with Crippen molar-refractivity contribution in [2.24, 2.45) is 5.10 Å². The number of rotatable bonds is 10. The van der Waals surface area contributed by atoms with E-state index in [1.807, 2.05) is 83.4 Å². The number of nitrogens with one attached hydrogen (secondary N) is 1. The summed E-state index contributed by atoms with van der Waals surface area (Å²) in [6.45, 7) is 2.75. The van der Waals surface area contributed by atoms with Gasteiger partial charge in [0.1, 0.15) is 5.75 Å². The summed E-state index contributed by atoms with van der Waals surface area (Å²) < 4.78 is 8.50.